The van der Waals surface area contributed by atoms with Crippen LogP contribution < -0.4 is 9.64 Å². The molecule has 1 amide bonds. The molecule has 184 valence electrons. The maximum Gasteiger partial charge on any atom is 0.410 e. The molecule has 1 N–H and O–H groups in total. The summed E-state index contributed by atoms with van der Waals surface area (Å²) in [4.78, 5) is 16.3. The molecule has 0 unspecified atom stereocenters. The Balaban J connectivity index is 1.53. The van der Waals surface area contributed by atoms with Gasteiger partial charge in [0.2, 0.25) is 0 Å². The first-order chi connectivity index (χ1) is 16.6. The van der Waals surface area contributed by atoms with E-state index in [0.29, 0.717) is 43.0 Å². The number of carbonyl (C=O) groups is 1. The number of fused-ring (bicyclic) bond motifs is 1. The van der Waals surface area contributed by atoms with E-state index in [1.54, 1.807) is 22.5 Å². The largest absolute Gasteiger partial charge is 0.489 e. The van der Waals surface area contributed by atoms with E-state index in [9.17, 15) is 15.2 Å². The molecule has 1 aliphatic heterocycles. The Morgan fingerprint density at radius 1 is 1.20 bits per heavy atom. The first-order valence-corrected chi connectivity index (χ1v) is 11.7. The van der Waals surface area contributed by atoms with Crippen molar-refractivity contribution in [2.24, 2.45) is 0 Å². The maximum absolute atomic E-state index is 12.3. The number of aliphatic hydroxyl groups is 1. The molecule has 3 heterocycles. The number of hydrogen-bond donors (Lipinski definition) is 1. The number of benzene rings is 1. The minimum Gasteiger partial charge on any atom is -0.489 e. The molecule has 4 rings (SSSR count). The molecule has 2 aromatic heterocycles. The highest BCUT2D eigenvalue weighted by atomic mass is 16.6. The standard InChI is InChI=1S/C26H31N5O4/c1-18(32)17-34-22-13-23(24-20(14-27)15-28-31(24)16-22)19-5-7-21(8-6-19)29-9-11-30(12-10-29)25(33)35-26(2,3)4/h5-8,13,15-16,18,32H,9-12,17H2,1-4H3/t18-/m1/s1. The second kappa shape index (κ2) is 9.84. The van der Waals surface area contributed by atoms with Gasteiger partial charge < -0.3 is 24.4 Å². The maximum atomic E-state index is 12.3. The molecule has 0 saturated carbocycles. The van der Waals surface area contributed by atoms with Gasteiger partial charge in [0.25, 0.3) is 0 Å². The van der Waals surface area contributed by atoms with Crippen molar-refractivity contribution in [3.05, 3.63) is 48.3 Å². The van der Waals surface area contributed by atoms with E-state index in [4.69, 9.17) is 9.47 Å². The molecule has 0 bridgehead atoms. The summed E-state index contributed by atoms with van der Waals surface area (Å²) in [5, 5.41) is 23.4. The van der Waals surface area contributed by atoms with Gasteiger partial charge >= 0.3 is 6.09 Å². The van der Waals surface area contributed by atoms with E-state index in [1.807, 2.05) is 51.1 Å². The van der Waals surface area contributed by atoms with Crippen molar-refractivity contribution in [3.8, 4) is 22.9 Å². The van der Waals surface area contributed by atoms with E-state index < -0.39 is 11.7 Å². The van der Waals surface area contributed by atoms with E-state index in [2.05, 4.69) is 16.1 Å². The van der Waals surface area contributed by atoms with Gasteiger partial charge in [-0.2, -0.15) is 10.4 Å². The molecule has 9 heteroatoms. The number of hydrogen-bond acceptors (Lipinski definition) is 7. The van der Waals surface area contributed by atoms with Gasteiger partial charge in [-0.05, 0) is 51.5 Å². The van der Waals surface area contributed by atoms with Crippen LogP contribution in [0.15, 0.2) is 42.7 Å². The number of amides is 1. The third kappa shape index (κ3) is 5.66. The number of piperazine rings is 1. The summed E-state index contributed by atoms with van der Waals surface area (Å²) >= 11 is 0. The average molecular weight is 478 g/mol. The normalized spacial score (nSPS) is 15.1. The number of nitriles is 1. The Morgan fingerprint density at radius 3 is 2.49 bits per heavy atom. The fraction of sp³-hybridized carbons (Fsp3) is 0.423. The van der Waals surface area contributed by atoms with Gasteiger partial charge in [0.05, 0.1) is 29.6 Å². The second-order valence-corrected chi connectivity index (χ2v) is 9.71. The van der Waals surface area contributed by atoms with Crippen molar-refractivity contribution in [3.63, 3.8) is 0 Å². The fourth-order valence-corrected chi connectivity index (χ4v) is 4.02. The molecule has 1 aliphatic rings. The third-order valence-electron chi connectivity index (χ3n) is 5.67. The van der Waals surface area contributed by atoms with Crippen molar-refractivity contribution >= 4 is 17.3 Å². The molecular formula is C26H31N5O4. The Hall–Kier alpha value is -3.77. The zero-order valence-electron chi connectivity index (χ0n) is 20.6. The predicted molar refractivity (Wildman–Crippen MR) is 133 cm³/mol. The summed E-state index contributed by atoms with van der Waals surface area (Å²) in [6.45, 7) is 10.1. The molecule has 1 saturated heterocycles. The summed E-state index contributed by atoms with van der Waals surface area (Å²) in [7, 11) is 0. The average Bonchev–Trinajstić information content (AvgIpc) is 3.24. The van der Waals surface area contributed by atoms with Gasteiger partial charge in [-0.3, -0.25) is 0 Å². The number of anilines is 1. The number of aromatic nitrogens is 2. The van der Waals surface area contributed by atoms with E-state index in [1.165, 1.54) is 6.20 Å². The quantitative estimate of drug-likeness (QED) is 0.598. The van der Waals surface area contributed by atoms with Gasteiger partial charge in [-0.1, -0.05) is 12.1 Å². The summed E-state index contributed by atoms with van der Waals surface area (Å²) in [6, 6.07) is 12.2. The van der Waals surface area contributed by atoms with Gasteiger partial charge in [0.1, 0.15) is 24.0 Å². The lowest BCUT2D eigenvalue weighted by atomic mass is 10.0. The molecule has 0 aliphatic carbocycles. The summed E-state index contributed by atoms with van der Waals surface area (Å²) in [5.74, 6) is 0.559. The van der Waals surface area contributed by atoms with Crippen molar-refractivity contribution in [1.29, 1.82) is 5.26 Å². The van der Waals surface area contributed by atoms with Crippen molar-refractivity contribution in [2.75, 3.05) is 37.7 Å². The number of carbonyl (C=O) groups excluding carboxylic acids is 1. The predicted octanol–water partition coefficient (Wildman–Crippen LogP) is 3.69. The van der Waals surface area contributed by atoms with Crippen LogP contribution in [-0.2, 0) is 4.74 Å². The number of aliphatic hydroxyl groups excluding tert-OH is 1. The lowest BCUT2D eigenvalue weighted by Gasteiger charge is -2.36. The first kappa shape index (κ1) is 24.4. The lowest BCUT2D eigenvalue weighted by Crippen LogP contribution is -2.50. The van der Waals surface area contributed by atoms with Crippen LogP contribution in [0, 0.1) is 11.3 Å². The Morgan fingerprint density at radius 2 is 1.89 bits per heavy atom. The highest BCUT2D eigenvalue weighted by Gasteiger charge is 2.26. The fourth-order valence-electron chi connectivity index (χ4n) is 4.02. The number of ether oxygens (including phenoxy) is 2. The van der Waals surface area contributed by atoms with Crippen LogP contribution in [0.2, 0.25) is 0 Å². The van der Waals surface area contributed by atoms with Crippen LogP contribution in [0.25, 0.3) is 16.6 Å². The van der Waals surface area contributed by atoms with Crippen LogP contribution in [0.1, 0.15) is 33.3 Å². The van der Waals surface area contributed by atoms with Gasteiger partial charge in [0.15, 0.2) is 0 Å². The minimum absolute atomic E-state index is 0.158. The lowest BCUT2D eigenvalue weighted by molar-refractivity contribution is 0.0240. The van der Waals surface area contributed by atoms with Crippen LogP contribution in [0.4, 0.5) is 10.5 Å². The van der Waals surface area contributed by atoms with E-state index in [0.717, 1.165) is 16.8 Å². The van der Waals surface area contributed by atoms with Crippen LogP contribution in [-0.4, -0.2) is 70.2 Å². The number of nitrogens with zero attached hydrogens (tertiary/aromatic N) is 5. The molecule has 1 aromatic carbocycles. The Kier molecular flexibility index (Phi) is 6.85. The van der Waals surface area contributed by atoms with Crippen LogP contribution in [0.3, 0.4) is 0 Å². The van der Waals surface area contributed by atoms with Gasteiger partial charge in [-0.25, -0.2) is 9.31 Å². The zero-order chi connectivity index (χ0) is 25.2. The summed E-state index contributed by atoms with van der Waals surface area (Å²) in [6.07, 6.45) is 2.37. The van der Waals surface area contributed by atoms with Crippen molar-refractivity contribution in [2.45, 2.75) is 39.4 Å². The first-order valence-electron chi connectivity index (χ1n) is 11.7. The highest BCUT2D eigenvalue weighted by molar-refractivity contribution is 5.85. The molecule has 0 spiro atoms. The molecular weight excluding hydrogens is 446 g/mol. The Labute approximate surface area is 205 Å². The highest BCUT2D eigenvalue weighted by Crippen LogP contribution is 2.32. The zero-order valence-corrected chi connectivity index (χ0v) is 20.6. The van der Waals surface area contributed by atoms with Crippen LogP contribution in [0.5, 0.6) is 5.75 Å². The molecule has 9 nitrogen and oxygen atoms in total. The van der Waals surface area contributed by atoms with Crippen molar-refractivity contribution < 1.29 is 19.4 Å². The second-order valence-electron chi connectivity index (χ2n) is 9.71. The van der Waals surface area contributed by atoms with Gasteiger partial charge in [0, 0.05) is 37.4 Å². The summed E-state index contributed by atoms with van der Waals surface area (Å²) in [5.41, 5.74) is 3.48. The van der Waals surface area contributed by atoms with E-state index in [-0.39, 0.29) is 12.7 Å². The minimum atomic E-state index is -0.600. The molecule has 1 atom stereocenters. The van der Waals surface area contributed by atoms with Crippen molar-refractivity contribution in [1.82, 2.24) is 14.5 Å². The molecule has 0 radical (unpaired) electrons. The van der Waals surface area contributed by atoms with E-state index >= 15 is 0 Å². The smallest absolute Gasteiger partial charge is 0.410 e. The SMILES string of the molecule is C[C@@H](O)COc1cc(-c2ccc(N3CCN(C(=O)OC(C)(C)C)CC3)cc2)c2c(C#N)cnn2c1. The Bertz CT molecular complexity index is 1230. The molecule has 1 fully saturated rings. The molecule has 3 aromatic rings. The summed E-state index contributed by atoms with van der Waals surface area (Å²) < 4.78 is 12.8. The monoisotopic (exact) mass is 477 g/mol. The third-order valence-corrected chi connectivity index (χ3v) is 5.67. The number of rotatable bonds is 5. The number of pyridine rings is 1. The van der Waals surface area contributed by atoms with Crippen LogP contribution >= 0.6 is 0 Å². The molecule has 35 heavy (non-hydrogen) atoms. The van der Waals surface area contributed by atoms with Gasteiger partial charge in [-0.15, -0.1) is 0 Å². The topological polar surface area (TPSA) is 103 Å².